The van der Waals surface area contributed by atoms with Gasteiger partial charge in [0.2, 0.25) is 17.8 Å². The minimum atomic E-state index is -0.414. The minimum absolute atomic E-state index is 0.124. The molecule has 2 heterocycles. The molecule has 0 fully saturated rings. The molecule has 4 aromatic rings. The van der Waals surface area contributed by atoms with Crippen molar-refractivity contribution in [1.29, 1.82) is 0 Å². The van der Waals surface area contributed by atoms with Gasteiger partial charge in [0.1, 0.15) is 5.69 Å². The molecule has 4 rings (SSSR count). The van der Waals surface area contributed by atoms with Crippen LogP contribution in [-0.4, -0.2) is 38.5 Å². The third-order valence-corrected chi connectivity index (χ3v) is 4.32. The minimum Gasteiger partial charge on any atom is -0.347 e. The maximum absolute atomic E-state index is 12.3. The van der Waals surface area contributed by atoms with Crippen LogP contribution < -0.4 is 10.6 Å². The quantitative estimate of drug-likeness (QED) is 0.471. The molecule has 2 amide bonds. The lowest BCUT2D eigenvalue weighted by Crippen LogP contribution is -2.34. The largest absolute Gasteiger partial charge is 0.347 e. The maximum Gasteiger partial charge on any atom is 0.249 e. The summed E-state index contributed by atoms with van der Waals surface area (Å²) in [7, 11) is 0. The van der Waals surface area contributed by atoms with E-state index in [0.717, 1.165) is 16.3 Å². The molecule has 29 heavy (non-hydrogen) atoms. The average Bonchev–Trinajstić information content (AvgIpc) is 3.22. The SMILES string of the molecule is O=C(Cc1cccc2ccccc12)NCC(=O)Nc1n[nH]c(-c2ccccn2)n1. The van der Waals surface area contributed by atoms with Crippen molar-refractivity contribution < 1.29 is 9.59 Å². The Hall–Kier alpha value is -4.07. The highest BCUT2D eigenvalue weighted by atomic mass is 16.2. The Labute approximate surface area is 166 Å². The van der Waals surface area contributed by atoms with Gasteiger partial charge in [-0.05, 0) is 28.5 Å². The van der Waals surface area contributed by atoms with Gasteiger partial charge in [-0.1, -0.05) is 48.5 Å². The molecule has 8 nitrogen and oxygen atoms in total. The molecular weight excluding hydrogens is 368 g/mol. The number of rotatable bonds is 6. The van der Waals surface area contributed by atoms with Crippen molar-refractivity contribution in [3.05, 3.63) is 72.4 Å². The van der Waals surface area contributed by atoms with Gasteiger partial charge in [-0.25, -0.2) is 0 Å². The fourth-order valence-corrected chi connectivity index (χ4v) is 2.96. The first kappa shape index (κ1) is 18.3. The van der Waals surface area contributed by atoms with Gasteiger partial charge < -0.3 is 5.32 Å². The van der Waals surface area contributed by atoms with Crippen molar-refractivity contribution in [1.82, 2.24) is 25.5 Å². The number of hydrogen-bond acceptors (Lipinski definition) is 5. The van der Waals surface area contributed by atoms with Crippen molar-refractivity contribution in [3.63, 3.8) is 0 Å². The van der Waals surface area contributed by atoms with Crippen LogP contribution in [0.3, 0.4) is 0 Å². The monoisotopic (exact) mass is 386 g/mol. The van der Waals surface area contributed by atoms with Gasteiger partial charge in [0, 0.05) is 6.20 Å². The van der Waals surface area contributed by atoms with Crippen molar-refractivity contribution >= 4 is 28.5 Å². The molecule has 0 aliphatic heterocycles. The Morgan fingerprint density at radius 2 is 1.76 bits per heavy atom. The molecule has 0 saturated carbocycles. The van der Waals surface area contributed by atoms with Gasteiger partial charge in [0.25, 0.3) is 0 Å². The van der Waals surface area contributed by atoms with Crippen LogP contribution in [0.15, 0.2) is 66.9 Å². The second-order valence-corrected chi connectivity index (χ2v) is 6.36. The Bertz CT molecular complexity index is 1150. The highest BCUT2D eigenvalue weighted by Gasteiger charge is 2.12. The fourth-order valence-electron chi connectivity index (χ4n) is 2.96. The van der Waals surface area contributed by atoms with E-state index in [1.165, 1.54) is 0 Å². The van der Waals surface area contributed by atoms with E-state index in [1.54, 1.807) is 18.3 Å². The van der Waals surface area contributed by atoms with Crippen LogP contribution in [0, 0.1) is 0 Å². The lowest BCUT2D eigenvalue weighted by Gasteiger charge is -2.07. The predicted molar refractivity (Wildman–Crippen MR) is 109 cm³/mol. The van der Waals surface area contributed by atoms with Crippen molar-refractivity contribution in [3.8, 4) is 11.5 Å². The second-order valence-electron chi connectivity index (χ2n) is 6.36. The van der Waals surface area contributed by atoms with Gasteiger partial charge in [0.05, 0.1) is 13.0 Å². The summed E-state index contributed by atoms with van der Waals surface area (Å²) in [6.45, 7) is -0.170. The fraction of sp³-hybridized carbons (Fsp3) is 0.0952. The summed E-state index contributed by atoms with van der Waals surface area (Å²) in [5, 5.41) is 13.9. The molecule has 2 aromatic heterocycles. The van der Waals surface area contributed by atoms with Crippen LogP contribution in [0.25, 0.3) is 22.3 Å². The van der Waals surface area contributed by atoms with Crippen molar-refractivity contribution in [2.75, 3.05) is 11.9 Å². The number of anilines is 1. The Balaban J connectivity index is 1.31. The molecule has 0 bridgehead atoms. The number of hydrogen-bond donors (Lipinski definition) is 3. The summed E-state index contributed by atoms with van der Waals surface area (Å²) in [5.74, 6) is -0.0802. The highest BCUT2D eigenvalue weighted by Crippen LogP contribution is 2.18. The summed E-state index contributed by atoms with van der Waals surface area (Å²) >= 11 is 0. The van der Waals surface area contributed by atoms with Gasteiger partial charge in [0.15, 0.2) is 5.82 Å². The first-order chi connectivity index (χ1) is 14.2. The number of benzene rings is 2. The van der Waals surface area contributed by atoms with E-state index in [-0.39, 0.29) is 24.8 Å². The first-order valence-electron chi connectivity index (χ1n) is 9.06. The summed E-state index contributed by atoms with van der Waals surface area (Å²) in [6, 6.07) is 19.1. The van der Waals surface area contributed by atoms with E-state index < -0.39 is 5.91 Å². The number of aromatic nitrogens is 4. The number of nitrogens with one attached hydrogen (secondary N) is 3. The van der Waals surface area contributed by atoms with E-state index in [0.29, 0.717) is 11.5 Å². The number of pyridine rings is 1. The van der Waals surface area contributed by atoms with Crippen molar-refractivity contribution in [2.45, 2.75) is 6.42 Å². The molecule has 2 aromatic carbocycles. The van der Waals surface area contributed by atoms with E-state index in [1.807, 2.05) is 48.5 Å². The van der Waals surface area contributed by atoms with E-state index in [2.05, 4.69) is 30.8 Å². The summed E-state index contributed by atoms with van der Waals surface area (Å²) in [6.07, 6.45) is 1.83. The lowest BCUT2D eigenvalue weighted by atomic mass is 10.0. The summed E-state index contributed by atoms with van der Waals surface area (Å²) < 4.78 is 0. The Kier molecular flexibility index (Phi) is 5.24. The molecule has 0 unspecified atom stereocenters. The zero-order valence-corrected chi connectivity index (χ0v) is 15.4. The second kappa shape index (κ2) is 8.30. The Morgan fingerprint density at radius 1 is 0.931 bits per heavy atom. The summed E-state index contributed by atoms with van der Waals surface area (Å²) in [5.41, 5.74) is 1.53. The third kappa shape index (κ3) is 4.44. The van der Waals surface area contributed by atoms with Crippen LogP contribution >= 0.6 is 0 Å². The standard InChI is InChI=1S/C21H18N6O2/c28-18(12-15-8-5-7-14-6-1-2-9-16(14)15)23-13-19(29)24-21-25-20(26-27-21)17-10-3-4-11-22-17/h1-11H,12-13H2,(H,23,28)(H2,24,25,26,27,29). The molecule has 0 radical (unpaired) electrons. The first-order valence-corrected chi connectivity index (χ1v) is 9.06. The zero-order valence-electron chi connectivity index (χ0n) is 15.4. The summed E-state index contributed by atoms with van der Waals surface area (Å²) in [4.78, 5) is 32.7. The molecule has 0 aliphatic rings. The number of fused-ring (bicyclic) bond motifs is 1. The topological polar surface area (TPSA) is 113 Å². The molecule has 0 saturated heterocycles. The number of carbonyl (C=O) groups excluding carboxylic acids is 2. The predicted octanol–water partition coefficient (Wildman–Crippen LogP) is 2.32. The number of amides is 2. The molecule has 3 N–H and O–H groups in total. The lowest BCUT2D eigenvalue weighted by molar-refractivity contribution is -0.123. The molecule has 144 valence electrons. The van der Waals surface area contributed by atoms with Crippen molar-refractivity contribution in [2.24, 2.45) is 0 Å². The van der Waals surface area contributed by atoms with Crippen LogP contribution in [0.5, 0.6) is 0 Å². The molecule has 0 spiro atoms. The van der Waals surface area contributed by atoms with E-state index >= 15 is 0 Å². The van der Waals surface area contributed by atoms with Gasteiger partial charge in [-0.2, -0.15) is 4.98 Å². The zero-order chi connectivity index (χ0) is 20.1. The van der Waals surface area contributed by atoms with Crippen LogP contribution in [0.4, 0.5) is 5.95 Å². The normalized spacial score (nSPS) is 10.6. The number of carbonyl (C=O) groups is 2. The molecule has 8 heteroatoms. The van der Waals surface area contributed by atoms with Crippen LogP contribution in [-0.2, 0) is 16.0 Å². The highest BCUT2D eigenvalue weighted by molar-refractivity contribution is 5.95. The Morgan fingerprint density at radius 3 is 2.62 bits per heavy atom. The smallest absolute Gasteiger partial charge is 0.249 e. The van der Waals surface area contributed by atoms with E-state index in [9.17, 15) is 9.59 Å². The van der Waals surface area contributed by atoms with Gasteiger partial charge in [-0.15, -0.1) is 5.10 Å². The average molecular weight is 386 g/mol. The van der Waals surface area contributed by atoms with E-state index in [4.69, 9.17) is 0 Å². The third-order valence-electron chi connectivity index (χ3n) is 4.32. The van der Waals surface area contributed by atoms with Gasteiger partial charge in [-0.3, -0.25) is 25.0 Å². The molecular formula is C21H18N6O2. The number of H-pyrrole nitrogens is 1. The molecule has 0 aliphatic carbocycles. The number of nitrogens with zero attached hydrogens (tertiary/aromatic N) is 3. The number of aromatic amines is 1. The van der Waals surface area contributed by atoms with Crippen LogP contribution in [0.2, 0.25) is 0 Å². The maximum atomic E-state index is 12.3. The van der Waals surface area contributed by atoms with Crippen LogP contribution in [0.1, 0.15) is 5.56 Å². The van der Waals surface area contributed by atoms with Gasteiger partial charge >= 0.3 is 0 Å². The molecule has 0 atom stereocenters.